The lowest BCUT2D eigenvalue weighted by Gasteiger charge is -2.17. The van der Waals surface area contributed by atoms with E-state index in [2.05, 4.69) is 4.74 Å². The SMILES string of the molecule is CCOC(=O)CC(O)C(O)c1cc(F)cc(C#N)c1. The lowest BCUT2D eigenvalue weighted by molar-refractivity contribution is -0.147. The zero-order valence-corrected chi connectivity index (χ0v) is 10.3. The number of carbonyl (C=O) groups is 1. The Kier molecular flexibility index (Phi) is 5.42. The lowest BCUT2D eigenvalue weighted by Crippen LogP contribution is -2.23. The minimum atomic E-state index is -1.47. The molecule has 19 heavy (non-hydrogen) atoms. The van der Waals surface area contributed by atoms with Crippen molar-refractivity contribution in [2.75, 3.05) is 6.61 Å². The summed E-state index contributed by atoms with van der Waals surface area (Å²) in [5.41, 5.74) is 0.0609. The molecule has 0 aliphatic carbocycles. The number of carbonyl (C=O) groups excluding carboxylic acids is 1. The second-order valence-corrected chi connectivity index (χ2v) is 3.91. The highest BCUT2D eigenvalue weighted by atomic mass is 19.1. The number of hydrogen-bond donors (Lipinski definition) is 2. The highest BCUT2D eigenvalue weighted by molar-refractivity contribution is 5.70. The van der Waals surface area contributed by atoms with Gasteiger partial charge in [-0.25, -0.2) is 4.39 Å². The topological polar surface area (TPSA) is 90.6 Å². The fourth-order valence-electron chi connectivity index (χ4n) is 1.57. The third-order valence-corrected chi connectivity index (χ3v) is 2.44. The Bertz CT molecular complexity index is 498. The van der Waals surface area contributed by atoms with Gasteiger partial charge in [0.1, 0.15) is 11.9 Å². The molecule has 2 atom stereocenters. The van der Waals surface area contributed by atoms with Crippen molar-refractivity contribution < 1.29 is 24.1 Å². The number of esters is 1. The molecule has 1 rings (SSSR count). The summed E-state index contributed by atoms with van der Waals surface area (Å²) < 4.78 is 17.8. The van der Waals surface area contributed by atoms with E-state index in [1.807, 2.05) is 0 Å². The Hall–Kier alpha value is -1.97. The van der Waals surface area contributed by atoms with Crippen LogP contribution in [-0.4, -0.2) is 28.9 Å². The second-order valence-electron chi connectivity index (χ2n) is 3.91. The first-order valence-electron chi connectivity index (χ1n) is 5.70. The molecule has 0 radical (unpaired) electrons. The number of aliphatic hydroxyl groups excluding tert-OH is 2. The van der Waals surface area contributed by atoms with Crippen LogP contribution in [0.4, 0.5) is 4.39 Å². The number of benzene rings is 1. The molecule has 0 aromatic heterocycles. The molecule has 2 N–H and O–H groups in total. The molecule has 6 heteroatoms. The minimum Gasteiger partial charge on any atom is -0.466 e. The number of aliphatic hydroxyl groups is 2. The van der Waals surface area contributed by atoms with Crippen LogP contribution in [0.25, 0.3) is 0 Å². The maximum absolute atomic E-state index is 13.2. The van der Waals surface area contributed by atoms with Crippen LogP contribution >= 0.6 is 0 Å². The molecular weight excluding hydrogens is 253 g/mol. The van der Waals surface area contributed by atoms with Crippen molar-refractivity contribution in [1.29, 1.82) is 5.26 Å². The first kappa shape index (κ1) is 15.1. The van der Waals surface area contributed by atoms with Crippen LogP contribution in [0.3, 0.4) is 0 Å². The molecule has 102 valence electrons. The van der Waals surface area contributed by atoms with Gasteiger partial charge in [0.2, 0.25) is 0 Å². The Labute approximate surface area is 109 Å². The van der Waals surface area contributed by atoms with Crippen molar-refractivity contribution in [3.8, 4) is 6.07 Å². The van der Waals surface area contributed by atoms with E-state index >= 15 is 0 Å². The highest BCUT2D eigenvalue weighted by Crippen LogP contribution is 2.21. The van der Waals surface area contributed by atoms with E-state index in [1.54, 1.807) is 13.0 Å². The molecule has 0 aliphatic heterocycles. The molecule has 0 bridgehead atoms. The van der Waals surface area contributed by atoms with E-state index in [0.29, 0.717) is 0 Å². The van der Waals surface area contributed by atoms with Gasteiger partial charge in [-0.1, -0.05) is 0 Å². The number of nitriles is 1. The third kappa shape index (κ3) is 4.32. The van der Waals surface area contributed by atoms with Gasteiger partial charge in [-0.15, -0.1) is 0 Å². The number of ether oxygens (including phenoxy) is 1. The first-order chi connectivity index (χ1) is 8.97. The molecule has 0 saturated heterocycles. The van der Waals surface area contributed by atoms with Gasteiger partial charge in [0.15, 0.2) is 0 Å². The zero-order valence-electron chi connectivity index (χ0n) is 10.3. The van der Waals surface area contributed by atoms with Crippen LogP contribution in [-0.2, 0) is 9.53 Å². The summed E-state index contributed by atoms with van der Waals surface area (Å²) >= 11 is 0. The molecule has 2 unspecified atom stereocenters. The summed E-state index contributed by atoms with van der Waals surface area (Å²) in [6.45, 7) is 1.78. The molecule has 1 aromatic rings. The molecule has 0 heterocycles. The monoisotopic (exact) mass is 267 g/mol. The third-order valence-electron chi connectivity index (χ3n) is 2.44. The van der Waals surface area contributed by atoms with Crippen LogP contribution < -0.4 is 0 Å². The molecule has 5 nitrogen and oxygen atoms in total. The van der Waals surface area contributed by atoms with Gasteiger partial charge < -0.3 is 14.9 Å². The van der Waals surface area contributed by atoms with E-state index in [9.17, 15) is 19.4 Å². The maximum Gasteiger partial charge on any atom is 0.308 e. The van der Waals surface area contributed by atoms with Crippen LogP contribution in [0, 0.1) is 17.1 Å². The van der Waals surface area contributed by atoms with Crippen molar-refractivity contribution in [3.63, 3.8) is 0 Å². The Morgan fingerprint density at radius 1 is 1.47 bits per heavy atom. The second kappa shape index (κ2) is 6.83. The summed E-state index contributed by atoms with van der Waals surface area (Å²) in [5.74, 6) is -1.36. The fourth-order valence-corrected chi connectivity index (χ4v) is 1.57. The lowest BCUT2D eigenvalue weighted by atomic mass is 10.00. The van der Waals surface area contributed by atoms with Gasteiger partial charge in [0.25, 0.3) is 0 Å². The number of hydrogen-bond acceptors (Lipinski definition) is 5. The van der Waals surface area contributed by atoms with Gasteiger partial charge >= 0.3 is 5.97 Å². The normalized spacial score (nSPS) is 13.4. The van der Waals surface area contributed by atoms with Gasteiger partial charge in [-0.05, 0) is 30.7 Å². The summed E-state index contributed by atoms with van der Waals surface area (Å²) in [7, 11) is 0. The standard InChI is InChI=1S/C13H14FNO4/c1-2-19-12(17)6-11(16)13(18)9-3-8(7-15)4-10(14)5-9/h3-5,11,13,16,18H,2,6H2,1H3. The number of rotatable bonds is 5. The summed E-state index contributed by atoms with van der Waals surface area (Å²) in [4.78, 5) is 11.2. The maximum atomic E-state index is 13.2. The zero-order chi connectivity index (χ0) is 14.4. The predicted octanol–water partition coefficient (Wildman–Crippen LogP) is 1.04. The molecule has 0 fully saturated rings. The largest absolute Gasteiger partial charge is 0.466 e. The average Bonchev–Trinajstić information content (AvgIpc) is 2.37. The summed E-state index contributed by atoms with van der Waals surface area (Å²) in [6, 6.07) is 5.00. The van der Waals surface area contributed by atoms with Crippen LogP contribution in [0.5, 0.6) is 0 Å². The van der Waals surface area contributed by atoms with Crippen LogP contribution in [0.1, 0.15) is 30.6 Å². The van der Waals surface area contributed by atoms with E-state index in [0.717, 1.165) is 12.1 Å². The van der Waals surface area contributed by atoms with Crippen molar-refractivity contribution >= 4 is 5.97 Å². The summed E-state index contributed by atoms with van der Waals surface area (Å²) in [6.07, 6.45) is -3.30. The van der Waals surface area contributed by atoms with Gasteiger partial charge in [0.05, 0.1) is 30.8 Å². The van der Waals surface area contributed by atoms with Crippen molar-refractivity contribution in [2.24, 2.45) is 0 Å². The Morgan fingerprint density at radius 3 is 2.74 bits per heavy atom. The van der Waals surface area contributed by atoms with Crippen molar-refractivity contribution in [2.45, 2.75) is 25.6 Å². The van der Waals surface area contributed by atoms with E-state index in [-0.39, 0.29) is 17.7 Å². The Balaban J connectivity index is 2.82. The first-order valence-corrected chi connectivity index (χ1v) is 5.70. The van der Waals surface area contributed by atoms with Gasteiger partial charge in [-0.2, -0.15) is 5.26 Å². The van der Waals surface area contributed by atoms with E-state index < -0.39 is 30.4 Å². The van der Waals surface area contributed by atoms with Gasteiger partial charge in [0, 0.05) is 0 Å². The molecule has 0 aliphatic rings. The van der Waals surface area contributed by atoms with E-state index in [1.165, 1.54) is 6.07 Å². The summed E-state index contributed by atoms with van der Waals surface area (Å²) in [5, 5.41) is 28.2. The fraction of sp³-hybridized carbons (Fsp3) is 0.385. The molecule has 1 aromatic carbocycles. The molecule has 0 saturated carbocycles. The van der Waals surface area contributed by atoms with Crippen LogP contribution in [0.2, 0.25) is 0 Å². The number of halogens is 1. The van der Waals surface area contributed by atoms with E-state index in [4.69, 9.17) is 5.26 Å². The quantitative estimate of drug-likeness (QED) is 0.778. The average molecular weight is 267 g/mol. The van der Waals surface area contributed by atoms with Gasteiger partial charge in [-0.3, -0.25) is 4.79 Å². The predicted molar refractivity (Wildman–Crippen MR) is 63.3 cm³/mol. The smallest absolute Gasteiger partial charge is 0.308 e. The Morgan fingerprint density at radius 2 is 2.16 bits per heavy atom. The molecule has 0 amide bonds. The van der Waals surface area contributed by atoms with Crippen molar-refractivity contribution in [3.05, 3.63) is 35.1 Å². The minimum absolute atomic E-state index is 0.0254. The molecule has 0 spiro atoms. The number of nitrogens with zero attached hydrogens (tertiary/aromatic N) is 1. The van der Waals surface area contributed by atoms with Crippen molar-refractivity contribution in [1.82, 2.24) is 0 Å². The van der Waals surface area contributed by atoms with Crippen LogP contribution in [0.15, 0.2) is 18.2 Å². The molecular formula is C13H14FNO4. The highest BCUT2D eigenvalue weighted by Gasteiger charge is 2.23.